The standard InChI is InChI=1S/C20H19F2N3O4S/c1-12-3-5-14(10-18(12)25-7-2-8-30(25,27)28)23-20(26)19-11-17(24-29-19)15-9-13(21)4-6-16(15)22/h3-6,9-10,19H,2,7-8,11H2,1H3,(H,23,26). The Labute approximate surface area is 172 Å². The summed E-state index contributed by atoms with van der Waals surface area (Å²) in [6, 6.07) is 7.95. The molecule has 1 saturated heterocycles. The first-order valence-corrected chi connectivity index (χ1v) is 11.0. The molecule has 0 radical (unpaired) electrons. The summed E-state index contributed by atoms with van der Waals surface area (Å²) in [6.45, 7) is 2.19. The molecule has 1 atom stereocenters. The molecule has 30 heavy (non-hydrogen) atoms. The van der Waals surface area contributed by atoms with Gasteiger partial charge in [0.15, 0.2) is 0 Å². The van der Waals surface area contributed by atoms with Crippen molar-refractivity contribution < 1.29 is 26.8 Å². The molecule has 2 aliphatic heterocycles. The monoisotopic (exact) mass is 435 g/mol. The normalized spacial score (nSPS) is 20.0. The van der Waals surface area contributed by atoms with Crippen molar-refractivity contribution in [3.8, 4) is 0 Å². The smallest absolute Gasteiger partial charge is 0.268 e. The Hall–Kier alpha value is -3.01. The summed E-state index contributed by atoms with van der Waals surface area (Å²) in [5.41, 5.74) is 1.76. The Kier molecular flexibility index (Phi) is 5.19. The number of hydrogen-bond donors (Lipinski definition) is 1. The summed E-state index contributed by atoms with van der Waals surface area (Å²) in [7, 11) is -3.36. The van der Waals surface area contributed by atoms with E-state index in [1.807, 2.05) is 0 Å². The highest BCUT2D eigenvalue weighted by Crippen LogP contribution is 2.30. The lowest BCUT2D eigenvalue weighted by molar-refractivity contribution is -0.125. The molecule has 2 heterocycles. The molecule has 0 bridgehead atoms. The summed E-state index contributed by atoms with van der Waals surface area (Å²) < 4.78 is 53.1. The number of halogens is 2. The van der Waals surface area contributed by atoms with E-state index < -0.39 is 33.7 Å². The maximum absolute atomic E-state index is 13.9. The molecule has 1 amide bonds. The van der Waals surface area contributed by atoms with Crippen molar-refractivity contribution in [1.29, 1.82) is 0 Å². The Bertz CT molecular complexity index is 1150. The molecule has 7 nitrogen and oxygen atoms in total. The molecule has 0 spiro atoms. The molecule has 2 aromatic carbocycles. The molecule has 2 aliphatic rings. The molecule has 1 fully saturated rings. The van der Waals surface area contributed by atoms with Crippen molar-refractivity contribution in [2.24, 2.45) is 5.16 Å². The van der Waals surface area contributed by atoms with E-state index in [0.29, 0.717) is 24.3 Å². The highest BCUT2D eigenvalue weighted by Gasteiger charge is 2.32. The van der Waals surface area contributed by atoms with Crippen molar-refractivity contribution in [1.82, 2.24) is 0 Å². The van der Waals surface area contributed by atoms with Gasteiger partial charge in [-0.3, -0.25) is 9.10 Å². The maximum atomic E-state index is 13.9. The third kappa shape index (κ3) is 3.87. The van der Waals surface area contributed by atoms with Gasteiger partial charge in [0.05, 0.1) is 17.2 Å². The number of carbonyl (C=O) groups is 1. The van der Waals surface area contributed by atoms with Crippen molar-refractivity contribution >= 4 is 33.0 Å². The lowest BCUT2D eigenvalue weighted by Crippen LogP contribution is -2.29. The third-order valence-electron chi connectivity index (χ3n) is 5.05. The summed E-state index contributed by atoms with van der Waals surface area (Å²) in [6.07, 6.45) is -0.487. The molecular weight excluding hydrogens is 416 g/mol. The quantitative estimate of drug-likeness (QED) is 0.800. The Morgan fingerprint density at radius 2 is 2.03 bits per heavy atom. The van der Waals surface area contributed by atoms with Gasteiger partial charge < -0.3 is 10.2 Å². The van der Waals surface area contributed by atoms with Crippen LogP contribution in [0.1, 0.15) is 24.0 Å². The van der Waals surface area contributed by atoms with Crippen LogP contribution in [0, 0.1) is 18.6 Å². The fraction of sp³-hybridized carbons (Fsp3) is 0.300. The minimum Gasteiger partial charge on any atom is -0.382 e. The second-order valence-corrected chi connectivity index (χ2v) is 9.21. The van der Waals surface area contributed by atoms with E-state index in [9.17, 15) is 22.0 Å². The zero-order valence-corrected chi connectivity index (χ0v) is 16.9. The average Bonchev–Trinajstić information content (AvgIpc) is 3.32. The van der Waals surface area contributed by atoms with E-state index in [1.54, 1.807) is 25.1 Å². The Morgan fingerprint density at radius 3 is 2.77 bits per heavy atom. The van der Waals surface area contributed by atoms with E-state index in [1.165, 1.54) is 4.31 Å². The van der Waals surface area contributed by atoms with E-state index in [-0.39, 0.29) is 23.4 Å². The zero-order chi connectivity index (χ0) is 21.5. The summed E-state index contributed by atoms with van der Waals surface area (Å²) in [5.74, 6) is -1.71. The SMILES string of the molecule is Cc1ccc(NC(=O)C2CC(c3cc(F)ccc3F)=NO2)cc1N1CCCS1(=O)=O. The van der Waals surface area contributed by atoms with Crippen LogP contribution in [0.3, 0.4) is 0 Å². The van der Waals surface area contributed by atoms with Gasteiger partial charge in [-0.2, -0.15) is 0 Å². The highest BCUT2D eigenvalue weighted by molar-refractivity contribution is 7.93. The lowest BCUT2D eigenvalue weighted by atomic mass is 10.0. The van der Waals surface area contributed by atoms with Gasteiger partial charge in [0.1, 0.15) is 11.6 Å². The number of amides is 1. The van der Waals surface area contributed by atoms with Gasteiger partial charge >= 0.3 is 0 Å². The van der Waals surface area contributed by atoms with E-state index in [0.717, 1.165) is 23.8 Å². The van der Waals surface area contributed by atoms with Gasteiger partial charge in [-0.15, -0.1) is 0 Å². The van der Waals surface area contributed by atoms with Crippen LogP contribution in [0.15, 0.2) is 41.6 Å². The molecule has 4 rings (SSSR count). The summed E-state index contributed by atoms with van der Waals surface area (Å²) in [4.78, 5) is 17.7. The molecule has 158 valence electrons. The topological polar surface area (TPSA) is 88.1 Å². The number of aryl methyl sites for hydroxylation is 1. The molecular formula is C20H19F2N3O4S. The van der Waals surface area contributed by atoms with Gasteiger partial charge in [0.2, 0.25) is 16.1 Å². The molecule has 1 N–H and O–H groups in total. The fourth-order valence-electron chi connectivity index (χ4n) is 3.48. The number of benzene rings is 2. The van der Waals surface area contributed by atoms with Crippen molar-refractivity contribution in [2.75, 3.05) is 21.9 Å². The van der Waals surface area contributed by atoms with Gasteiger partial charge in [0.25, 0.3) is 5.91 Å². The van der Waals surface area contributed by atoms with Crippen LogP contribution in [0.25, 0.3) is 0 Å². The van der Waals surface area contributed by atoms with Crippen molar-refractivity contribution in [3.05, 3.63) is 59.2 Å². The van der Waals surface area contributed by atoms with Crippen molar-refractivity contribution in [3.63, 3.8) is 0 Å². The van der Waals surface area contributed by atoms with Crippen LogP contribution >= 0.6 is 0 Å². The third-order valence-corrected chi connectivity index (χ3v) is 6.90. The van der Waals surface area contributed by atoms with Gasteiger partial charge in [0, 0.05) is 24.2 Å². The first kappa shape index (κ1) is 20.3. The minimum atomic E-state index is -3.36. The van der Waals surface area contributed by atoms with Gasteiger partial charge in [-0.1, -0.05) is 11.2 Å². The van der Waals surface area contributed by atoms with Crippen LogP contribution in [0.5, 0.6) is 0 Å². The number of hydrogen-bond acceptors (Lipinski definition) is 5. The zero-order valence-electron chi connectivity index (χ0n) is 16.1. The van der Waals surface area contributed by atoms with Crippen LogP contribution in [0.4, 0.5) is 20.2 Å². The predicted octanol–water partition coefficient (Wildman–Crippen LogP) is 2.94. The van der Waals surface area contributed by atoms with E-state index in [2.05, 4.69) is 10.5 Å². The van der Waals surface area contributed by atoms with Crippen LogP contribution < -0.4 is 9.62 Å². The van der Waals surface area contributed by atoms with Crippen LogP contribution in [0.2, 0.25) is 0 Å². The second kappa shape index (κ2) is 7.67. The van der Waals surface area contributed by atoms with E-state index >= 15 is 0 Å². The summed E-state index contributed by atoms with van der Waals surface area (Å²) >= 11 is 0. The molecule has 0 aromatic heterocycles. The number of nitrogens with zero attached hydrogens (tertiary/aromatic N) is 2. The number of rotatable bonds is 4. The lowest BCUT2D eigenvalue weighted by Gasteiger charge is -2.20. The molecule has 2 aromatic rings. The number of anilines is 2. The Balaban J connectivity index is 1.48. The maximum Gasteiger partial charge on any atom is 0.268 e. The van der Waals surface area contributed by atoms with Gasteiger partial charge in [-0.05, 0) is 49.2 Å². The van der Waals surface area contributed by atoms with Crippen molar-refractivity contribution in [2.45, 2.75) is 25.9 Å². The number of sulfonamides is 1. The second-order valence-electron chi connectivity index (χ2n) is 7.19. The first-order chi connectivity index (χ1) is 14.2. The Morgan fingerprint density at radius 1 is 1.23 bits per heavy atom. The molecule has 0 aliphatic carbocycles. The molecule has 0 saturated carbocycles. The molecule has 10 heteroatoms. The minimum absolute atomic E-state index is 0.0224. The van der Waals surface area contributed by atoms with E-state index in [4.69, 9.17) is 4.84 Å². The van der Waals surface area contributed by atoms with Gasteiger partial charge in [-0.25, -0.2) is 17.2 Å². The summed E-state index contributed by atoms with van der Waals surface area (Å²) in [5, 5.41) is 6.40. The highest BCUT2D eigenvalue weighted by atomic mass is 32.2. The van der Waals surface area contributed by atoms with Crippen LogP contribution in [-0.2, 0) is 19.7 Å². The van der Waals surface area contributed by atoms with Crippen LogP contribution in [-0.4, -0.2) is 38.4 Å². The molecule has 1 unspecified atom stereocenters. The number of oxime groups is 1. The average molecular weight is 435 g/mol. The first-order valence-electron chi connectivity index (χ1n) is 9.34. The number of carbonyl (C=O) groups excluding carboxylic acids is 1. The number of nitrogens with one attached hydrogen (secondary N) is 1. The fourth-order valence-corrected chi connectivity index (χ4v) is 5.10. The largest absolute Gasteiger partial charge is 0.382 e. The predicted molar refractivity (Wildman–Crippen MR) is 108 cm³/mol.